The number of furan rings is 1. The van der Waals surface area contributed by atoms with Crippen LogP contribution in [0.3, 0.4) is 0 Å². The van der Waals surface area contributed by atoms with Crippen molar-refractivity contribution in [3.8, 4) is 44.5 Å². The Morgan fingerprint density at radius 3 is 1.79 bits per heavy atom. The molecule has 2 nitrogen and oxygen atoms in total. The second-order valence-corrected chi connectivity index (χ2v) is 18.8. The van der Waals surface area contributed by atoms with E-state index in [0.717, 1.165) is 33.3 Å². The molecule has 0 fully saturated rings. The van der Waals surface area contributed by atoms with E-state index in [1.54, 1.807) is 0 Å². The highest BCUT2D eigenvalue weighted by atomic mass is 16.3. The number of nitrogens with zero attached hydrogens (tertiary/aromatic N) is 1. The van der Waals surface area contributed by atoms with Gasteiger partial charge in [0.05, 0.1) is 16.8 Å². The Bertz CT molecular complexity index is 3530. The van der Waals surface area contributed by atoms with Crippen LogP contribution in [0.25, 0.3) is 66.4 Å². The van der Waals surface area contributed by atoms with E-state index >= 15 is 0 Å². The number of hydrogen-bond donors (Lipinski definition) is 0. The zero-order chi connectivity index (χ0) is 42.2. The van der Waals surface area contributed by atoms with Crippen LogP contribution in [0.5, 0.6) is 0 Å². The van der Waals surface area contributed by atoms with E-state index in [0.29, 0.717) is 0 Å². The van der Waals surface area contributed by atoms with Crippen molar-refractivity contribution in [1.82, 2.24) is 0 Å². The predicted octanol–water partition coefficient (Wildman–Crippen LogP) is 16.5. The number of benzene rings is 9. The number of rotatable bonds is 5. The molecule has 0 aliphatic heterocycles. The summed E-state index contributed by atoms with van der Waals surface area (Å²) < 4.78 is 6.91. The first-order chi connectivity index (χ1) is 30.8. The average Bonchev–Trinajstić information content (AvgIpc) is 4.01. The molecule has 0 saturated carbocycles. The van der Waals surface area contributed by atoms with Gasteiger partial charge in [-0.25, -0.2) is 0 Å². The first-order valence-corrected chi connectivity index (χ1v) is 22.3. The summed E-state index contributed by atoms with van der Waals surface area (Å²) in [6.07, 6.45) is 0. The molecular formula is C61H45NO. The second-order valence-electron chi connectivity index (χ2n) is 18.8. The second kappa shape index (κ2) is 13.0. The van der Waals surface area contributed by atoms with Gasteiger partial charge in [0.2, 0.25) is 0 Å². The molecule has 9 aromatic carbocycles. The fraction of sp³-hybridized carbons (Fsp3) is 0.115. The molecule has 0 amide bonds. The molecule has 1 unspecified atom stereocenters. The maximum Gasteiger partial charge on any atom is 0.137 e. The molecule has 0 radical (unpaired) electrons. The average molecular weight is 808 g/mol. The number of fused-ring (bicyclic) bond motifs is 12. The SMILES string of the molecule is CC1(C)c2ccccc2-c2ccc(N(c3cccc4c3C(C)(C)c3ccccc3-4)c3cccc4oc5cccc(-c6ccc7c(c6)-c6ccccc6C7c6ccccc6)c5c34)cc21. The lowest BCUT2D eigenvalue weighted by molar-refractivity contribution is 0.658. The Morgan fingerprint density at radius 1 is 0.397 bits per heavy atom. The Balaban J connectivity index is 1.07. The van der Waals surface area contributed by atoms with Crippen LogP contribution < -0.4 is 4.90 Å². The molecule has 1 aromatic heterocycles. The van der Waals surface area contributed by atoms with Crippen LogP contribution in [-0.4, -0.2) is 0 Å². The van der Waals surface area contributed by atoms with E-state index in [1.807, 2.05) is 0 Å². The summed E-state index contributed by atoms with van der Waals surface area (Å²) in [5.41, 5.74) is 24.4. The summed E-state index contributed by atoms with van der Waals surface area (Å²) in [4.78, 5) is 2.54. The van der Waals surface area contributed by atoms with Gasteiger partial charge in [-0.05, 0) is 126 Å². The molecular weight excluding hydrogens is 763 g/mol. The minimum Gasteiger partial charge on any atom is -0.456 e. The first kappa shape index (κ1) is 36.3. The normalized spacial score (nSPS) is 15.7. The van der Waals surface area contributed by atoms with Crippen molar-refractivity contribution in [2.75, 3.05) is 4.90 Å². The van der Waals surface area contributed by atoms with Gasteiger partial charge in [-0.3, -0.25) is 0 Å². The maximum absolute atomic E-state index is 6.91. The molecule has 63 heavy (non-hydrogen) atoms. The van der Waals surface area contributed by atoms with E-state index in [-0.39, 0.29) is 16.7 Å². The van der Waals surface area contributed by atoms with Gasteiger partial charge in [0, 0.05) is 27.8 Å². The topological polar surface area (TPSA) is 16.4 Å². The fourth-order valence-electron chi connectivity index (χ4n) is 11.9. The van der Waals surface area contributed by atoms with E-state index in [4.69, 9.17) is 4.42 Å². The molecule has 0 N–H and O–H groups in total. The van der Waals surface area contributed by atoms with Crippen LogP contribution in [-0.2, 0) is 10.8 Å². The minimum absolute atomic E-state index is 0.158. The Labute approximate surface area is 368 Å². The zero-order valence-electron chi connectivity index (χ0n) is 35.9. The molecule has 0 bridgehead atoms. The zero-order valence-corrected chi connectivity index (χ0v) is 35.9. The Morgan fingerprint density at radius 2 is 0.984 bits per heavy atom. The molecule has 1 atom stereocenters. The molecule has 300 valence electrons. The van der Waals surface area contributed by atoms with Crippen molar-refractivity contribution >= 4 is 39.0 Å². The van der Waals surface area contributed by atoms with Gasteiger partial charge < -0.3 is 9.32 Å². The monoisotopic (exact) mass is 807 g/mol. The molecule has 2 heteroatoms. The van der Waals surface area contributed by atoms with Gasteiger partial charge in [-0.1, -0.05) is 179 Å². The van der Waals surface area contributed by atoms with Crippen molar-refractivity contribution in [2.24, 2.45) is 0 Å². The van der Waals surface area contributed by atoms with Crippen LogP contribution in [0.15, 0.2) is 199 Å². The van der Waals surface area contributed by atoms with Gasteiger partial charge >= 0.3 is 0 Å². The van der Waals surface area contributed by atoms with Gasteiger partial charge in [0.1, 0.15) is 11.2 Å². The smallest absolute Gasteiger partial charge is 0.137 e. The van der Waals surface area contributed by atoms with E-state index in [9.17, 15) is 0 Å². The third-order valence-electron chi connectivity index (χ3n) is 14.7. The van der Waals surface area contributed by atoms with Crippen LogP contribution in [0.1, 0.15) is 72.6 Å². The summed E-state index contributed by atoms with van der Waals surface area (Å²) in [6, 6.07) is 72.1. The summed E-state index contributed by atoms with van der Waals surface area (Å²) >= 11 is 0. The lowest BCUT2D eigenvalue weighted by atomic mass is 9.81. The Hall–Kier alpha value is -7.42. The first-order valence-electron chi connectivity index (χ1n) is 22.3. The van der Waals surface area contributed by atoms with Crippen molar-refractivity contribution in [1.29, 1.82) is 0 Å². The molecule has 3 aliphatic rings. The highest BCUT2D eigenvalue weighted by Gasteiger charge is 2.41. The molecule has 3 aliphatic carbocycles. The minimum atomic E-state index is -0.233. The predicted molar refractivity (Wildman–Crippen MR) is 262 cm³/mol. The standard InChI is InChI=1S/C61H45NO/c1-60(2)49-25-12-10-20-42(49)44-34-32-39(36-51(44)60)62(53-28-14-24-47-43-21-11-13-26-50(43)61(3,4)59(47)53)52-27-16-30-55-58(52)57-40(23-15-29-54(57)63-55)38-31-33-46-48(35-38)41-19-8-9-22-45(41)56(46)37-17-6-5-7-18-37/h5-36,56H,1-4H3. The number of hydrogen-bond acceptors (Lipinski definition) is 2. The summed E-state index contributed by atoms with van der Waals surface area (Å²) in [7, 11) is 0. The lowest BCUT2D eigenvalue weighted by Crippen LogP contribution is -2.21. The van der Waals surface area contributed by atoms with E-state index in [2.05, 4.69) is 227 Å². The van der Waals surface area contributed by atoms with Gasteiger partial charge in [0.25, 0.3) is 0 Å². The lowest BCUT2D eigenvalue weighted by Gasteiger charge is -2.33. The van der Waals surface area contributed by atoms with Gasteiger partial charge in [-0.15, -0.1) is 0 Å². The summed E-state index contributed by atoms with van der Waals surface area (Å²) in [6.45, 7) is 9.53. The maximum atomic E-state index is 6.91. The Kier molecular flexibility index (Phi) is 7.51. The van der Waals surface area contributed by atoms with Crippen LogP contribution in [0, 0.1) is 0 Å². The van der Waals surface area contributed by atoms with Crippen LogP contribution in [0.4, 0.5) is 17.1 Å². The molecule has 0 spiro atoms. The van der Waals surface area contributed by atoms with Crippen molar-refractivity contribution < 1.29 is 4.42 Å². The van der Waals surface area contributed by atoms with Crippen LogP contribution >= 0.6 is 0 Å². The van der Waals surface area contributed by atoms with Crippen LogP contribution in [0.2, 0.25) is 0 Å². The molecule has 13 rings (SSSR count). The summed E-state index contributed by atoms with van der Waals surface area (Å²) in [5, 5.41) is 2.24. The van der Waals surface area contributed by atoms with E-state index in [1.165, 1.54) is 89.1 Å². The van der Waals surface area contributed by atoms with Crippen molar-refractivity contribution in [3.05, 3.63) is 233 Å². The highest BCUT2D eigenvalue weighted by Crippen LogP contribution is 2.57. The summed E-state index contributed by atoms with van der Waals surface area (Å²) in [5.74, 6) is 0.199. The molecule has 1 heterocycles. The third-order valence-corrected chi connectivity index (χ3v) is 14.7. The number of anilines is 3. The van der Waals surface area contributed by atoms with E-state index < -0.39 is 0 Å². The quantitative estimate of drug-likeness (QED) is 0.172. The van der Waals surface area contributed by atoms with Gasteiger partial charge in [0.15, 0.2) is 0 Å². The largest absolute Gasteiger partial charge is 0.456 e. The van der Waals surface area contributed by atoms with Gasteiger partial charge in [-0.2, -0.15) is 0 Å². The van der Waals surface area contributed by atoms with Crippen molar-refractivity contribution in [3.63, 3.8) is 0 Å². The highest BCUT2D eigenvalue weighted by molar-refractivity contribution is 6.19. The third kappa shape index (κ3) is 5.01. The van der Waals surface area contributed by atoms with Crippen molar-refractivity contribution in [2.45, 2.75) is 44.4 Å². The molecule has 10 aromatic rings. The molecule has 0 saturated heterocycles. The fourth-order valence-corrected chi connectivity index (χ4v) is 11.9.